The highest BCUT2D eigenvalue weighted by molar-refractivity contribution is 5.76. The second kappa shape index (κ2) is 7.41. The minimum atomic E-state index is -0.0861. The molecule has 1 heterocycles. The maximum Gasteiger partial charge on any atom is 0.221 e. The molecule has 1 aliphatic rings. The molecule has 20 heavy (non-hydrogen) atoms. The molecule has 0 spiro atoms. The Labute approximate surface area is 121 Å². The largest absolute Gasteiger partial charge is 0.354 e. The molecule has 1 aromatic carbocycles. The first-order valence-electron chi connectivity index (χ1n) is 7.48. The molecule has 110 valence electrons. The molecule has 2 atom stereocenters. The second-order valence-electron chi connectivity index (χ2n) is 5.66. The molecule has 1 aromatic rings. The van der Waals surface area contributed by atoms with E-state index in [4.69, 9.17) is 5.73 Å². The van der Waals surface area contributed by atoms with Crippen molar-refractivity contribution in [2.24, 2.45) is 5.73 Å². The summed E-state index contributed by atoms with van der Waals surface area (Å²) in [6, 6.07) is 10.6. The van der Waals surface area contributed by atoms with Gasteiger partial charge in [0.15, 0.2) is 0 Å². The lowest BCUT2D eigenvalue weighted by Crippen LogP contribution is -2.38. The molecule has 1 aliphatic heterocycles. The van der Waals surface area contributed by atoms with Crippen molar-refractivity contribution in [1.82, 2.24) is 10.2 Å². The van der Waals surface area contributed by atoms with Gasteiger partial charge in [-0.25, -0.2) is 0 Å². The van der Waals surface area contributed by atoms with Crippen LogP contribution in [0.15, 0.2) is 30.3 Å². The second-order valence-corrected chi connectivity index (χ2v) is 5.66. The predicted octanol–water partition coefficient (Wildman–Crippen LogP) is 1.68. The fraction of sp³-hybridized carbons (Fsp3) is 0.562. The minimum Gasteiger partial charge on any atom is -0.354 e. The maximum absolute atomic E-state index is 11.8. The van der Waals surface area contributed by atoms with E-state index < -0.39 is 0 Å². The van der Waals surface area contributed by atoms with Crippen LogP contribution in [0.1, 0.15) is 37.8 Å². The number of rotatable bonds is 6. The summed E-state index contributed by atoms with van der Waals surface area (Å²) in [4.78, 5) is 14.3. The summed E-state index contributed by atoms with van der Waals surface area (Å²) >= 11 is 0. The zero-order valence-corrected chi connectivity index (χ0v) is 12.2. The topological polar surface area (TPSA) is 58.4 Å². The Morgan fingerprint density at radius 2 is 1.95 bits per heavy atom. The Bertz CT molecular complexity index is 413. The number of likely N-dealkylation sites (tertiary alicyclic amines) is 1. The number of nitrogens with one attached hydrogen (secondary N) is 1. The van der Waals surface area contributed by atoms with Crippen molar-refractivity contribution in [3.63, 3.8) is 0 Å². The van der Waals surface area contributed by atoms with Gasteiger partial charge in [0.2, 0.25) is 5.91 Å². The molecule has 2 rings (SSSR count). The van der Waals surface area contributed by atoms with Crippen molar-refractivity contribution < 1.29 is 4.79 Å². The summed E-state index contributed by atoms with van der Waals surface area (Å²) in [6.45, 7) is 4.75. The molecule has 0 radical (unpaired) electrons. The number of hydrogen-bond donors (Lipinski definition) is 2. The molecule has 0 aliphatic carbocycles. The monoisotopic (exact) mass is 275 g/mol. The molecule has 0 saturated carbocycles. The number of nitrogens with zero attached hydrogens (tertiary/aromatic N) is 1. The van der Waals surface area contributed by atoms with E-state index in [1.54, 1.807) is 0 Å². The summed E-state index contributed by atoms with van der Waals surface area (Å²) in [5, 5.41) is 3.03. The van der Waals surface area contributed by atoms with Gasteiger partial charge in [0.25, 0.3) is 0 Å². The average molecular weight is 275 g/mol. The van der Waals surface area contributed by atoms with E-state index in [0.717, 1.165) is 13.1 Å². The number of carbonyl (C=O) groups excluding carboxylic acids is 1. The summed E-state index contributed by atoms with van der Waals surface area (Å²) in [5.41, 5.74) is 6.94. The molecule has 2 unspecified atom stereocenters. The Morgan fingerprint density at radius 3 is 2.55 bits per heavy atom. The van der Waals surface area contributed by atoms with Crippen LogP contribution >= 0.6 is 0 Å². The van der Waals surface area contributed by atoms with Crippen LogP contribution in [0.5, 0.6) is 0 Å². The van der Waals surface area contributed by atoms with E-state index in [-0.39, 0.29) is 18.0 Å². The van der Waals surface area contributed by atoms with Crippen molar-refractivity contribution in [2.75, 3.05) is 19.6 Å². The Hall–Kier alpha value is -1.39. The van der Waals surface area contributed by atoms with Crippen molar-refractivity contribution in [2.45, 2.75) is 38.3 Å². The van der Waals surface area contributed by atoms with Gasteiger partial charge in [-0.1, -0.05) is 30.3 Å². The summed E-state index contributed by atoms with van der Waals surface area (Å²) < 4.78 is 0. The molecule has 0 bridgehead atoms. The van der Waals surface area contributed by atoms with Gasteiger partial charge in [0.1, 0.15) is 0 Å². The first-order chi connectivity index (χ1) is 9.66. The summed E-state index contributed by atoms with van der Waals surface area (Å²) in [5.74, 6) is 0.0418. The zero-order valence-electron chi connectivity index (χ0n) is 12.2. The van der Waals surface area contributed by atoms with Crippen molar-refractivity contribution in [1.29, 1.82) is 0 Å². The molecule has 1 saturated heterocycles. The Morgan fingerprint density at radius 1 is 1.30 bits per heavy atom. The average Bonchev–Trinajstić information content (AvgIpc) is 2.93. The molecule has 0 aromatic heterocycles. The van der Waals surface area contributed by atoms with Crippen molar-refractivity contribution in [3.05, 3.63) is 35.9 Å². The van der Waals surface area contributed by atoms with Gasteiger partial charge in [0, 0.05) is 19.0 Å². The Kier molecular flexibility index (Phi) is 5.56. The minimum absolute atomic E-state index is 0.0418. The normalized spacial score (nSPS) is 18.7. The molecule has 4 nitrogen and oxygen atoms in total. The predicted molar refractivity (Wildman–Crippen MR) is 81.3 cm³/mol. The smallest absolute Gasteiger partial charge is 0.221 e. The van der Waals surface area contributed by atoms with Crippen LogP contribution in [0.4, 0.5) is 0 Å². The van der Waals surface area contributed by atoms with Crippen LogP contribution in [-0.4, -0.2) is 36.5 Å². The Balaban J connectivity index is 1.98. The highest BCUT2D eigenvalue weighted by Gasteiger charge is 2.23. The molecular formula is C16H25N3O. The standard InChI is InChI=1S/C16H25N3O/c1-13(17)11-16(20)18-12-15(19-9-5-6-10-19)14-7-3-2-4-8-14/h2-4,7-8,13,15H,5-6,9-12,17H2,1H3,(H,18,20). The van der Waals surface area contributed by atoms with E-state index in [2.05, 4.69) is 34.5 Å². The van der Waals surface area contributed by atoms with E-state index in [0.29, 0.717) is 13.0 Å². The molecular weight excluding hydrogens is 250 g/mol. The first-order valence-corrected chi connectivity index (χ1v) is 7.48. The third-order valence-corrected chi connectivity index (χ3v) is 3.77. The highest BCUT2D eigenvalue weighted by atomic mass is 16.1. The van der Waals surface area contributed by atoms with Gasteiger partial charge in [-0.3, -0.25) is 9.69 Å². The van der Waals surface area contributed by atoms with E-state index in [9.17, 15) is 4.79 Å². The summed E-state index contributed by atoms with van der Waals surface area (Å²) in [7, 11) is 0. The SMILES string of the molecule is CC(N)CC(=O)NCC(c1ccccc1)N1CCCC1. The lowest BCUT2D eigenvalue weighted by atomic mass is 10.1. The van der Waals surface area contributed by atoms with Crippen LogP contribution in [0.2, 0.25) is 0 Å². The first kappa shape index (κ1) is 15.0. The third-order valence-electron chi connectivity index (χ3n) is 3.77. The molecule has 1 amide bonds. The van der Waals surface area contributed by atoms with E-state index in [1.807, 2.05) is 13.0 Å². The lowest BCUT2D eigenvalue weighted by molar-refractivity contribution is -0.121. The highest BCUT2D eigenvalue weighted by Crippen LogP contribution is 2.24. The van der Waals surface area contributed by atoms with Crippen molar-refractivity contribution in [3.8, 4) is 0 Å². The number of amides is 1. The van der Waals surface area contributed by atoms with Crippen molar-refractivity contribution >= 4 is 5.91 Å². The zero-order chi connectivity index (χ0) is 14.4. The van der Waals surface area contributed by atoms with Crippen LogP contribution in [0, 0.1) is 0 Å². The van der Waals surface area contributed by atoms with Gasteiger partial charge in [-0.2, -0.15) is 0 Å². The molecule has 1 fully saturated rings. The summed E-state index contributed by atoms with van der Waals surface area (Å²) in [6.07, 6.45) is 2.88. The number of carbonyl (C=O) groups is 1. The maximum atomic E-state index is 11.8. The van der Waals surface area contributed by atoms with Gasteiger partial charge in [-0.05, 0) is 38.4 Å². The van der Waals surface area contributed by atoms with E-state index >= 15 is 0 Å². The van der Waals surface area contributed by atoms with Gasteiger partial charge < -0.3 is 11.1 Å². The van der Waals surface area contributed by atoms with Gasteiger partial charge >= 0.3 is 0 Å². The van der Waals surface area contributed by atoms with Crippen LogP contribution in [-0.2, 0) is 4.79 Å². The molecule has 4 heteroatoms. The third kappa shape index (κ3) is 4.32. The number of benzene rings is 1. The number of nitrogens with two attached hydrogens (primary N) is 1. The fourth-order valence-corrected chi connectivity index (χ4v) is 2.76. The fourth-order valence-electron chi connectivity index (χ4n) is 2.76. The lowest BCUT2D eigenvalue weighted by Gasteiger charge is -2.28. The number of hydrogen-bond acceptors (Lipinski definition) is 3. The van der Waals surface area contributed by atoms with Crippen LogP contribution in [0.25, 0.3) is 0 Å². The van der Waals surface area contributed by atoms with Crippen LogP contribution in [0.3, 0.4) is 0 Å². The van der Waals surface area contributed by atoms with Crippen LogP contribution < -0.4 is 11.1 Å². The van der Waals surface area contributed by atoms with Gasteiger partial charge in [-0.15, -0.1) is 0 Å². The molecule has 3 N–H and O–H groups in total. The quantitative estimate of drug-likeness (QED) is 0.830. The van der Waals surface area contributed by atoms with E-state index in [1.165, 1.54) is 18.4 Å². The van der Waals surface area contributed by atoms with Gasteiger partial charge in [0.05, 0.1) is 6.04 Å².